The molecule has 1 aromatic heterocycles. The largest absolute Gasteiger partial charge is 0.269 e. The van der Waals surface area contributed by atoms with Crippen LogP contribution in [0, 0.1) is 30.1 Å². The summed E-state index contributed by atoms with van der Waals surface area (Å²) in [7, 11) is -3.52. The molecule has 1 unspecified atom stereocenters. The van der Waals surface area contributed by atoms with Gasteiger partial charge < -0.3 is 0 Å². The number of sulfonamides is 1. The highest BCUT2D eigenvalue weighted by Gasteiger charge is 2.54. The van der Waals surface area contributed by atoms with Gasteiger partial charge in [-0.1, -0.05) is 6.92 Å². The highest BCUT2D eigenvalue weighted by atomic mass is 32.2. The molecule has 0 amide bonds. The monoisotopic (exact) mass is 365 g/mol. The average molecular weight is 366 g/mol. The van der Waals surface area contributed by atoms with E-state index in [0.717, 1.165) is 29.9 Å². The van der Waals surface area contributed by atoms with Crippen LogP contribution < -0.4 is 4.72 Å². The predicted octanol–water partition coefficient (Wildman–Crippen LogP) is 3.48. The smallest absolute Gasteiger partial charge is 0.244 e. The molecule has 0 aliphatic heterocycles. The molecule has 4 fully saturated rings. The first kappa shape index (κ1) is 17.5. The van der Waals surface area contributed by atoms with E-state index in [1.54, 1.807) is 4.68 Å². The maximum Gasteiger partial charge on any atom is 0.244 e. The number of hydrogen-bond acceptors (Lipinski definition) is 3. The Morgan fingerprint density at radius 1 is 1.20 bits per heavy atom. The first-order valence-corrected chi connectivity index (χ1v) is 11.4. The molecular weight excluding hydrogens is 334 g/mol. The molecule has 25 heavy (non-hydrogen) atoms. The van der Waals surface area contributed by atoms with Crippen molar-refractivity contribution in [2.24, 2.45) is 23.2 Å². The Kier molecular flexibility index (Phi) is 4.27. The first-order chi connectivity index (χ1) is 11.9. The van der Waals surface area contributed by atoms with E-state index in [1.165, 1.54) is 44.7 Å². The van der Waals surface area contributed by atoms with Crippen molar-refractivity contribution in [2.75, 3.05) is 0 Å². The Morgan fingerprint density at radius 3 is 2.20 bits per heavy atom. The summed E-state index contributed by atoms with van der Waals surface area (Å²) in [6.07, 6.45) is 10.2. The molecule has 6 heteroatoms. The fourth-order valence-electron chi connectivity index (χ4n) is 6.51. The van der Waals surface area contributed by atoms with Gasteiger partial charge in [-0.25, -0.2) is 13.1 Å². The molecule has 4 saturated carbocycles. The molecule has 0 aromatic carbocycles. The van der Waals surface area contributed by atoms with E-state index in [4.69, 9.17) is 0 Å². The van der Waals surface area contributed by atoms with Gasteiger partial charge in [0.1, 0.15) is 4.90 Å². The third-order valence-electron chi connectivity index (χ3n) is 7.18. The molecule has 1 heterocycles. The summed E-state index contributed by atoms with van der Waals surface area (Å²) >= 11 is 0. The molecule has 5 nitrogen and oxygen atoms in total. The standard InChI is InChI=1S/C19H31N3O2S/c1-4-18(19-9-14-6-15(10-19)8-16(7-14)11-19)21-25(23,24)17-12-20-22(5-2)13(17)3/h12,14-16,18,21H,4-11H2,1-3H3. The summed E-state index contributed by atoms with van der Waals surface area (Å²) in [6, 6.07) is 0.0512. The number of nitrogens with one attached hydrogen (secondary N) is 1. The Bertz CT molecular complexity index is 717. The van der Waals surface area contributed by atoms with Gasteiger partial charge in [0.05, 0.1) is 11.9 Å². The van der Waals surface area contributed by atoms with Crippen LogP contribution in [0.3, 0.4) is 0 Å². The van der Waals surface area contributed by atoms with Crippen molar-refractivity contribution in [3.05, 3.63) is 11.9 Å². The van der Waals surface area contributed by atoms with Crippen LogP contribution >= 0.6 is 0 Å². The van der Waals surface area contributed by atoms with Gasteiger partial charge in [0.2, 0.25) is 10.0 Å². The van der Waals surface area contributed by atoms with Crippen molar-refractivity contribution >= 4 is 10.0 Å². The Hall–Kier alpha value is -0.880. The fourth-order valence-corrected chi connectivity index (χ4v) is 8.11. The first-order valence-electron chi connectivity index (χ1n) is 9.91. The zero-order valence-corrected chi connectivity index (χ0v) is 16.5. The molecule has 0 radical (unpaired) electrons. The Labute approximate surface area is 151 Å². The van der Waals surface area contributed by atoms with Crippen LogP contribution in [0.15, 0.2) is 11.1 Å². The van der Waals surface area contributed by atoms with Gasteiger partial charge in [-0.05, 0) is 82.0 Å². The molecule has 140 valence electrons. The molecular formula is C19H31N3O2S. The van der Waals surface area contributed by atoms with Gasteiger partial charge in [0.25, 0.3) is 0 Å². The summed E-state index contributed by atoms with van der Waals surface area (Å²) in [5.41, 5.74) is 0.918. The molecule has 4 aliphatic carbocycles. The molecule has 1 atom stereocenters. The SMILES string of the molecule is CCC(NS(=O)(=O)c1cnn(CC)c1C)C12CC3CC(CC(C3)C1)C2. The minimum absolute atomic E-state index is 0.0512. The van der Waals surface area contributed by atoms with E-state index in [2.05, 4.69) is 16.7 Å². The number of aromatic nitrogens is 2. The molecule has 0 saturated heterocycles. The molecule has 0 spiro atoms. The number of aryl methyl sites for hydroxylation is 1. The maximum atomic E-state index is 13.1. The van der Waals surface area contributed by atoms with Crippen molar-refractivity contribution in [2.45, 2.75) is 83.2 Å². The molecule has 1 aromatic rings. The fraction of sp³-hybridized carbons (Fsp3) is 0.842. The summed E-state index contributed by atoms with van der Waals surface area (Å²) in [5.74, 6) is 2.48. The van der Waals surface area contributed by atoms with Crippen molar-refractivity contribution < 1.29 is 8.42 Å². The van der Waals surface area contributed by atoms with E-state index >= 15 is 0 Å². The van der Waals surface area contributed by atoms with Crippen molar-refractivity contribution in [3.63, 3.8) is 0 Å². The van der Waals surface area contributed by atoms with Crippen LogP contribution in [0.1, 0.15) is 64.5 Å². The highest BCUT2D eigenvalue weighted by Crippen LogP contribution is 2.61. The van der Waals surface area contributed by atoms with E-state index in [0.29, 0.717) is 11.4 Å². The second kappa shape index (κ2) is 6.08. The topological polar surface area (TPSA) is 64.0 Å². The summed E-state index contributed by atoms with van der Waals surface area (Å²) in [5, 5.41) is 4.22. The Morgan fingerprint density at radius 2 is 1.76 bits per heavy atom. The lowest BCUT2D eigenvalue weighted by Crippen LogP contribution is -2.56. The molecule has 1 N–H and O–H groups in total. The van der Waals surface area contributed by atoms with Crippen molar-refractivity contribution in [1.82, 2.24) is 14.5 Å². The quantitative estimate of drug-likeness (QED) is 0.839. The zero-order valence-electron chi connectivity index (χ0n) is 15.7. The summed E-state index contributed by atoms with van der Waals surface area (Å²) < 4.78 is 31.0. The normalized spacial score (nSPS) is 35.2. The number of hydrogen-bond donors (Lipinski definition) is 1. The Balaban J connectivity index is 1.60. The minimum Gasteiger partial charge on any atom is -0.269 e. The van der Waals surface area contributed by atoms with Crippen LogP contribution in [0.2, 0.25) is 0 Å². The van der Waals surface area contributed by atoms with Gasteiger partial charge in [0.15, 0.2) is 0 Å². The van der Waals surface area contributed by atoms with Gasteiger partial charge >= 0.3 is 0 Å². The van der Waals surface area contributed by atoms with Crippen molar-refractivity contribution in [3.8, 4) is 0 Å². The lowest BCUT2D eigenvalue weighted by Gasteiger charge is -2.59. The molecule has 5 rings (SSSR count). The second-order valence-corrected chi connectivity index (χ2v) is 10.5. The molecule has 4 bridgehead atoms. The van der Waals surface area contributed by atoms with Gasteiger partial charge in [-0.15, -0.1) is 0 Å². The minimum atomic E-state index is -3.52. The third kappa shape index (κ3) is 2.85. The van der Waals surface area contributed by atoms with Crippen LogP contribution in [-0.2, 0) is 16.6 Å². The van der Waals surface area contributed by atoms with Crippen molar-refractivity contribution in [1.29, 1.82) is 0 Å². The average Bonchev–Trinajstić information content (AvgIpc) is 2.93. The van der Waals surface area contributed by atoms with E-state index in [9.17, 15) is 8.42 Å². The van der Waals surface area contributed by atoms with Crippen LogP contribution in [0.25, 0.3) is 0 Å². The number of rotatable bonds is 6. The van der Waals surface area contributed by atoms with E-state index in [-0.39, 0.29) is 11.5 Å². The highest BCUT2D eigenvalue weighted by molar-refractivity contribution is 7.89. The van der Waals surface area contributed by atoms with Gasteiger partial charge in [-0.3, -0.25) is 4.68 Å². The van der Waals surface area contributed by atoms with Crippen LogP contribution in [-0.4, -0.2) is 24.2 Å². The molecule has 4 aliphatic rings. The lowest BCUT2D eigenvalue weighted by molar-refractivity contribution is -0.0704. The predicted molar refractivity (Wildman–Crippen MR) is 97.6 cm³/mol. The van der Waals surface area contributed by atoms with Gasteiger partial charge in [0, 0.05) is 12.6 Å². The maximum absolute atomic E-state index is 13.1. The third-order valence-corrected chi connectivity index (χ3v) is 8.75. The van der Waals surface area contributed by atoms with Gasteiger partial charge in [-0.2, -0.15) is 5.10 Å². The number of nitrogens with zero attached hydrogens (tertiary/aromatic N) is 2. The van der Waals surface area contributed by atoms with Crippen LogP contribution in [0.4, 0.5) is 0 Å². The van der Waals surface area contributed by atoms with E-state index < -0.39 is 10.0 Å². The summed E-state index contributed by atoms with van der Waals surface area (Å²) in [6.45, 7) is 6.65. The summed E-state index contributed by atoms with van der Waals surface area (Å²) in [4.78, 5) is 0.345. The second-order valence-electron chi connectivity index (χ2n) is 8.77. The van der Waals surface area contributed by atoms with Crippen LogP contribution in [0.5, 0.6) is 0 Å². The zero-order chi connectivity index (χ0) is 17.8. The lowest BCUT2D eigenvalue weighted by atomic mass is 9.47. The van der Waals surface area contributed by atoms with E-state index in [1.807, 2.05) is 13.8 Å².